The first kappa shape index (κ1) is 13.9. The van der Waals surface area contributed by atoms with Crippen LogP contribution < -0.4 is 5.73 Å². The maximum absolute atomic E-state index is 6.34. The summed E-state index contributed by atoms with van der Waals surface area (Å²) in [4.78, 5) is 2.89. The standard InChI is InChI=1S/C17H32N2/c1-13-10-16(2,3)11-17(13,12-18)19-9-8-14-6-4-5-7-15(14)19/h13-15H,4-12,18H2,1-3H3. The normalized spacial score (nSPS) is 46.4. The van der Waals surface area contributed by atoms with E-state index in [0.29, 0.717) is 11.0 Å². The topological polar surface area (TPSA) is 29.3 Å². The lowest BCUT2D eigenvalue weighted by Gasteiger charge is -2.47. The smallest absolute Gasteiger partial charge is 0.0365 e. The van der Waals surface area contributed by atoms with Crippen LogP contribution in [0.3, 0.4) is 0 Å². The maximum Gasteiger partial charge on any atom is 0.0365 e. The number of nitrogens with zero attached hydrogens (tertiary/aromatic N) is 1. The molecule has 1 saturated heterocycles. The minimum atomic E-state index is 0.306. The van der Waals surface area contributed by atoms with Gasteiger partial charge >= 0.3 is 0 Å². The van der Waals surface area contributed by atoms with E-state index in [1.54, 1.807) is 0 Å². The maximum atomic E-state index is 6.34. The molecular formula is C17H32N2. The zero-order chi connectivity index (χ0) is 13.7. The summed E-state index contributed by atoms with van der Waals surface area (Å²) in [6.45, 7) is 9.51. The van der Waals surface area contributed by atoms with E-state index < -0.39 is 0 Å². The van der Waals surface area contributed by atoms with Crippen LogP contribution in [-0.2, 0) is 0 Å². The summed E-state index contributed by atoms with van der Waals surface area (Å²) in [5, 5.41) is 0. The van der Waals surface area contributed by atoms with Crippen molar-refractivity contribution in [2.24, 2.45) is 23.0 Å². The summed E-state index contributed by atoms with van der Waals surface area (Å²) in [6, 6.07) is 0.855. The molecule has 4 atom stereocenters. The predicted octanol–water partition coefficient (Wildman–Crippen LogP) is 3.40. The Morgan fingerprint density at radius 3 is 2.53 bits per heavy atom. The van der Waals surface area contributed by atoms with Gasteiger partial charge in [-0.3, -0.25) is 4.90 Å². The van der Waals surface area contributed by atoms with E-state index in [0.717, 1.165) is 24.4 Å². The van der Waals surface area contributed by atoms with Crippen molar-refractivity contribution in [1.82, 2.24) is 4.90 Å². The lowest BCUT2D eigenvalue weighted by molar-refractivity contribution is 0.0268. The Morgan fingerprint density at radius 2 is 1.89 bits per heavy atom. The van der Waals surface area contributed by atoms with Gasteiger partial charge < -0.3 is 5.73 Å². The van der Waals surface area contributed by atoms with Crippen molar-refractivity contribution in [2.75, 3.05) is 13.1 Å². The molecule has 0 radical (unpaired) electrons. The van der Waals surface area contributed by atoms with E-state index >= 15 is 0 Å². The molecule has 0 spiro atoms. The fourth-order valence-corrected chi connectivity index (χ4v) is 5.83. The van der Waals surface area contributed by atoms with Gasteiger partial charge in [-0.2, -0.15) is 0 Å². The molecule has 0 aromatic rings. The number of rotatable bonds is 2. The Balaban J connectivity index is 1.86. The molecular weight excluding hydrogens is 232 g/mol. The van der Waals surface area contributed by atoms with E-state index in [9.17, 15) is 0 Å². The Bertz CT molecular complexity index is 338. The number of hydrogen-bond donors (Lipinski definition) is 1. The van der Waals surface area contributed by atoms with Crippen molar-refractivity contribution in [1.29, 1.82) is 0 Å². The molecule has 3 fully saturated rings. The number of likely N-dealkylation sites (tertiary alicyclic amines) is 1. The number of nitrogens with two attached hydrogens (primary N) is 1. The van der Waals surface area contributed by atoms with Gasteiger partial charge in [-0.15, -0.1) is 0 Å². The molecule has 4 unspecified atom stereocenters. The van der Waals surface area contributed by atoms with Crippen LogP contribution in [0.5, 0.6) is 0 Å². The minimum Gasteiger partial charge on any atom is -0.329 e. The van der Waals surface area contributed by atoms with Gasteiger partial charge in [-0.05, 0) is 55.9 Å². The van der Waals surface area contributed by atoms with E-state index in [1.165, 1.54) is 51.5 Å². The van der Waals surface area contributed by atoms with Gasteiger partial charge in [0.15, 0.2) is 0 Å². The van der Waals surface area contributed by atoms with Gasteiger partial charge in [0.25, 0.3) is 0 Å². The third kappa shape index (κ3) is 2.15. The highest BCUT2D eigenvalue weighted by Gasteiger charge is 2.55. The molecule has 2 saturated carbocycles. The van der Waals surface area contributed by atoms with Crippen LogP contribution in [0.25, 0.3) is 0 Å². The molecule has 2 nitrogen and oxygen atoms in total. The van der Waals surface area contributed by atoms with Gasteiger partial charge in [0, 0.05) is 18.1 Å². The molecule has 3 aliphatic rings. The average molecular weight is 264 g/mol. The van der Waals surface area contributed by atoms with E-state index in [2.05, 4.69) is 25.7 Å². The first-order chi connectivity index (χ1) is 8.98. The quantitative estimate of drug-likeness (QED) is 0.828. The third-order valence-corrected chi connectivity index (χ3v) is 6.50. The molecule has 19 heavy (non-hydrogen) atoms. The molecule has 0 bridgehead atoms. The van der Waals surface area contributed by atoms with Crippen LogP contribution in [0.2, 0.25) is 0 Å². The van der Waals surface area contributed by atoms with E-state index in [1.807, 2.05) is 0 Å². The highest BCUT2D eigenvalue weighted by molar-refractivity contribution is 5.10. The summed E-state index contributed by atoms with van der Waals surface area (Å²) >= 11 is 0. The second kappa shape index (κ2) is 4.73. The van der Waals surface area contributed by atoms with Gasteiger partial charge in [-0.1, -0.05) is 33.6 Å². The summed E-state index contributed by atoms with van der Waals surface area (Å²) in [6.07, 6.45) is 9.89. The first-order valence-electron chi connectivity index (χ1n) is 8.45. The largest absolute Gasteiger partial charge is 0.329 e. The zero-order valence-corrected chi connectivity index (χ0v) is 13.1. The SMILES string of the molecule is CC1CC(C)(C)CC1(CN)N1CCC2CCCCC21. The Labute approximate surface area is 119 Å². The van der Waals surface area contributed by atoms with Gasteiger partial charge in [0.2, 0.25) is 0 Å². The van der Waals surface area contributed by atoms with Crippen molar-refractivity contribution in [3.05, 3.63) is 0 Å². The fraction of sp³-hybridized carbons (Fsp3) is 1.00. The monoisotopic (exact) mass is 264 g/mol. The second-order valence-electron chi connectivity index (χ2n) is 8.35. The van der Waals surface area contributed by atoms with Crippen molar-refractivity contribution in [2.45, 2.75) is 77.3 Å². The third-order valence-electron chi connectivity index (χ3n) is 6.50. The van der Waals surface area contributed by atoms with Gasteiger partial charge in [-0.25, -0.2) is 0 Å². The summed E-state index contributed by atoms with van der Waals surface area (Å²) < 4.78 is 0. The fourth-order valence-electron chi connectivity index (χ4n) is 5.83. The Morgan fingerprint density at radius 1 is 1.16 bits per heavy atom. The van der Waals surface area contributed by atoms with Gasteiger partial charge in [0.05, 0.1) is 0 Å². The Kier molecular flexibility index (Phi) is 3.46. The summed E-state index contributed by atoms with van der Waals surface area (Å²) in [5.74, 6) is 1.74. The molecule has 1 heterocycles. The molecule has 0 aromatic heterocycles. The van der Waals surface area contributed by atoms with Crippen LogP contribution >= 0.6 is 0 Å². The predicted molar refractivity (Wildman–Crippen MR) is 81.0 cm³/mol. The first-order valence-corrected chi connectivity index (χ1v) is 8.45. The summed E-state index contributed by atoms with van der Waals surface area (Å²) in [7, 11) is 0. The lowest BCUT2D eigenvalue weighted by Crippen LogP contribution is -2.58. The van der Waals surface area contributed by atoms with Crippen molar-refractivity contribution in [3.63, 3.8) is 0 Å². The van der Waals surface area contributed by atoms with Crippen LogP contribution in [0.1, 0.15) is 65.7 Å². The molecule has 2 heteroatoms. The lowest BCUT2D eigenvalue weighted by atomic mass is 9.80. The highest BCUT2D eigenvalue weighted by atomic mass is 15.3. The molecule has 2 N–H and O–H groups in total. The second-order valence-corrected chi connectivity index (χ2v) is 8.35. The minimum absolute atomic E-state index is 0.306. The summed E-state index contributed by atoms with van der Waals surface area (Å²) in [5.41, 5.74) is 7.12. The van der Waals surface area contributed by atoms with E-state index in [4.69, 9.17) is 5.73 Å². The average Bonchev–Trinajstić information content (AvgIpc) is 2.88. The van der Waals surface area contributed by atoms with Crippen LogP contribution in [0.4, 0.5) is 0 Å². The van der Waals surface area contributed by atoms with Crippen LogP contribution in [-0.4, -0.2) is 29.6 Å². The molecule has 0 amide bonds. The number of hydrogen-bond acceptors (Lipinski definition) is 2. The molecule has 110 valence electrons. The number of fused-ring (bicyclic) bond motifs is 1. The molecule has 1 aliphatic heterocycles. The van der Waals surface area contributed by atoms with Crippen LogP contribution in [0, 0.1) is 17.3 Å². The Hall–Kier alpha value is -0.0800. The van der Waals surface area contributed by atoms with Gasteiger partial charge in [0.1, 0.15) is 0 Å². The molecule has 0 aromatic carbocycles. The van der Waals surface area contributed by atoms with Crippen molar-refractivity contribution in [3.8, 4) is 0 Å². The van der Waals surface area contributed by atoms with Crippen molar-refractivity contribution < 1.29 is 0 Å². The van der Waals surface area contributed by atoms with Crippen LogP contribution in [0.15, 0.2) is 0 Å². The zero-order valence-electron chi connectivity index (χ0n) is 13.1. The van der Waals surface area contributed by atoms with E-state index in [-0.39, 0.29) is 0 Å². The van der Waals surface area contributed by atoms with Crippen molar-refractivity contribution >= 4 is 0 Å². The highest BCUT2D eigenvalue weighted by Crippen LogP contribution is 2.53. The molecule has 2 aliphatic carbocycles. The molecule has 3 rings (SSSR count).